The van der Waals surface area contributed by atoms with Crippen LogP contribution in [0, 0.1) is 0 Å². The molecule has 0 aliphatic heterocycles. The van der Waals surface area contributed by atoms with E-state index in [1.165, 1.54) is 18.6 Å². The van der Waals surface area contributed by atoms with Crippen LogP contribution in [0.4, 0.5) is 0 Å². The number of hydrogen-bond donors (Lipinski definition) is 1. The number of ether oxygens (including phenoxy) is 1. The second-order valence-electron chi connectivity index (χ2n) is 5.40. The van der Waals surface area contributed by atoms with Gasteiger partial charge < -0.3 is 4.74 Å². The Morgan fingerprint density at radius 1 is 0.926 bits per heavy atom. The third-order valence-electron chi connectivity index (χ3n) is 3.49. The van der Waals surface area contributed by atoms with E-state index in [0.29, 0.717) is 21.9 Å². The summed E-state index contributed by atoms with van der Waals surface area (Å²) in [4.78, 5) is 27.7. The van der Waals surface area contributed by atoms with E-state index < -0.39 is 5.97 Å². The smallest absolute Gasteiger partial charge is 0.343 e. The largest absolute Gasteiger partial charge is 0.423 e. The molecule has 2 aromatic carbocycles. The quantitative estimate of drug-likeness (QED) is 0.317. The Labute approximate surface area is 160 Å². The third-order valence-corrected chi connectivity index (χ3v) is 3.74. The zero-order valence-corrected chi connectivity index (χ0v) is 14.8. The number of nitrogens with zero attached hydrogens (tertiary/aromatic N) is 2. The average Bonchev–Trinajstić information content (AvgIpc) is 2.70. The molecular weight excluding hydrogens is 366 g/mol. The molecule has 1 aromatic heterocycles. The number of benzene rings is 2. The Bertz CT molecular complexity index is 956. The van der Waals surface area contributed by atoms with Crippen LogP contribution in [-0.2, 0) is 0 Å². The molecule has 0 unspecified atom stereocenters. The predicted octanol–water partition coefficient (Wildman–Crippen LogP) is 3.72. The summed E-state index contributed by atoms with van der Waals surface area (Å²) in [7, 11) is 0. The molecule has 1 N–H and O–H groups in total. The first-order valence-corrected chi connectivity index (χ1v) is 8.31. The van der Waals surface area contributed by atoms with E-state index in [4.69, 9.17) is 16.3 Å². The van der Waals surface area contributed by atoms with Gasteiger partial charge in [-0.25, -0.2) is 10.2 Å². The van der Waals surface area contributed by atoms with Gasteiger partial charge in [0, 0.05) is 23.0 Å². The fourth-order valence-corrected chi connectivity index (χ4v) is 2.23. The fraction of sp³-hybridized carbons (Fsp3) is 0. The van der Waals surface area contributed by atoms with E-state index in [1.807, 2.05) is 0 Å². The summed E-state index contributed by atoms with van der Waals surface area (Å²) >= 11 is 5.80. The van der Waals surface area contributed by atoms with Crippen molar-refractivity contribution in [2.24, 2.45) is 5.10 Å². The van der Waals surface area contributed by atoms with Crippen LogP contribution in [0.1, 0.15) is 26.3 Å². The van der Waals surface area contributed by atoms with Gasteiger partial charge in [-0.15, -0.1) is 0 Å². The van der Waals surface area contributed by atoms with Crippen molar-refractivity contribution < 1.29 is 14.3 Å². The van der Waals surface area contributed by atoms with Crippen molar-refractivity contribution in [1.82, 2.24) is 10.4 Å². The van der Waals surface area contributed by atoms with Crippen molar-refractivity contribution in [1.29, 1.82) is 0 Å². The Morgan fingerprint density at radius 2 is 1.59 bits per heavy atom. The van der Waals surface area contributed by atoms with Crippen molar-refractivity contribution >= 4 is 29.7 Å². The number of carbonyl (C=O) groups is 2. The fourth-order valence-electron chi connectivity index (χ4n) is 2.11. The van der Waals surface area contributed by atoms with Gasteiger partial charge in [-0.1, -0.05) is 11.6 Å². The van der Waals surface area contributed by atoms with Gasteiger partial charge in [0.2, 0.25) is 0 Å². The summed E-state index contributed by atoms with van der Waals surface area (Å²) in [6.45, 7) is 0. The number of hydrazone groups is 1. The number of nitrogens with one attached hydrogen (secondary N) is 1. The number of aromatic nitrogens is 1. The third kappa shape index (κ3) is 5.23. The van der Waals surface area contributed by atoms with E-state index in [2.05, 4.69) is 15.5 Å². The van der Waals surface area contributed by atoms with Crippen molar-refractivity contribution in [3.63, 3.8) is 0 Å². The number of halogens is 1. The van der Waals surface area contributed by atoms with Gasteiger partial charge >= 0.3 is 5.97 Å². The molecule has 3 aromatic rings. The van der Waals surface area contributed by atoms with Crippen LogP contribution in [0.25, 0.3) is 0 Å². The second-order valence-corrected chi connectivity index (χ2v) is 5.84. The lowest BCUT2D eigenvalue weighted by atomic mass is 10.2. The first-order valence-electron chi connectivity index (χ1n) is 7.93. The van der Waals surface area contributed by atoms with Crippen LogP contribution in [0.2, 0.25) is 5.02 Å². The Kier molecular flexibility index (Phi) is 5.91. The number of amides is 1. The molecule has 1 amide bonds. The van der Waals surface area contributed by atoms with Crippen molar-refractivity contribution in [3.8, 4) is 5.75 Å². The van der Waals surface area contributed by atoms with Crippen LogP contribution in [-0.4, -0.2) is 23.1 Å². The van der Waals surface area contributed by atoms with Gasteiger partial charge in [0.25, 0.3) is 5.91 Å². The summed E-state index contributed by atoms with van der Waals surface area (Å²) in [6.07, 6.45) is 4.55. The summed E-state index contributed by atoms with van der Waals surface area (Å²) in [5.74, 6) is -0.409. The minimum absolute atomic E-state index is 0.331. The van der Waals surface area contributed by atoms with Gasteiger partial charge in [0.15, 0.2) is 0 Å². The number of hydrogen-bond acceptors (Lipinski definition) is 5. The molecule has 0 aliphatic rings. The molecule has 0 aliphatic carbocycles. The second kappa shape index (κ2) is 8.73. The van der Waals surface area contributed by atoms with Crippen LogP contribution >= 0.6 is 11.6 Å². The molecule has 0 atom stereocenters. The highest BCUT2D eigenvalue weighted by Crippen LogP contribution is 2.15. The number of rotatable bonds is 5. The van der Waals surface area contributed by atoms with Crippen molar-refractivity contribution in [2.75, 3.05) is 0 Å². The number of carbonyl (C=O) groups excluding carboxylic acids is 2. The first-order chi connectivity index (χ1) is 13.1. The lowest BCUT2D eigenvalue weighted by molar-refractivity contribution is 0.0734. The van der Waals surface area contributed by atoms with E-state index in [9.17, 15) is 9.59 Å². The molecule has 0 bridgehead atoms. The molecule has 3 rings (SSSR count). The summed E-state index contributed by atoms with van der Waals surface area (Å²) in [6, 6.07) is 16.3. The summed E-state index contributed by atoms with van der Waals surface area (Å²) in [5.41, 5.74) is 4.03. The summed E-state index contributed by atoms with van der Waals surface area (Å²) in [5, 5.41) is 4.45. The molecule has 0 radical (unpaired) electrons. The SMILES string of the molecule is O=C(NN=Cc1ccc(OC(=O)c2ccc(Cl)cc2)cc1)c1ccncc1. The number of esters is 1. The minimum Gasteiger partial charge on any atom is -0.423 e. The molecule has 0 saturated carbocycles. The van der Waals surface area contributed by atoms with Crippen LogP contribution in [0.3, 0.4) is 0 Å². The predicted molar refractivity (Wildman–Crippen MR) is 102 cm³/mol. The molecule has 0 fully saturated rings. The Balaban J connectivity index is 1.56. The van der Waals surface area contributed by atoms with Gasteiger partial charge in [-0.2, -0.15) is 5.10 Å². The lowest BCUT2D eigenvalue weighted by Crippen LogP contribution is -2.17. The zero-order chi connectivity index (χ0) is 19.1. The van der Waals surface area contributed by atoms with Crippen LogP contribution in [0.5, 0.6) is 5.75 Å². The molecule has 7 heteroatoms. The maximum Gasteiger partial charge on any atom is 0.343 e. The topological polar surface area (TPSA) is 80.6 Å². The lowest BCUT2D eigenvalue weighted by Gasteiger charge is -2.04. The average molecular weight is 380 g/mol. The molecule has 27 heavy (non-hydrogen) atoms. The monoisotopic (exact) mass is 379 g/mol. The normalized spacial score (nSPS) is 10.6. The molecule has 1 heterocycles. The van der Waals surface area contributed by atoms with Gasteiger partial charge in [-0.3, -0.25) is 9.78 Å². The van der Waals surface area contributed by atoms with Crippen molar-refractivity contribution in [2.45, 2.75) is 0 Å². The van der Waals surface area contributed by atoms with Crippen LogP contribution < -0.4 is 10.2 Å². The van der Waals surface area contributed by atoms with Gasteiger partial charge in [0.05, 0.1) is 11.8 Å². The van der Waals surface area contributed by atoms with Gasteiger partial charge in [-0.05, 0) is 66.2 Å². The standard InChI is InChI=1S/C20H14ClN3O3/c21-17-5-3-16(4-6-17)20(26)27-18-7-1-14(2-8-18)13-23-24-19(25)15-9-11-22-12-10-15/h1-13H,(H,24,25). The van der Waals surface area contributed by atoms with E-state index >= 15 is 0 Å². The van der Waals surface area contributed by atoms with E-state index in [-0.39, 0.29) is 5.91 Å². The minimum atomic E-state index is -0.474. The maximum absolute atomic E-state index is 12.0. The first kappa shape index (κ1) is 18.3. The maximum atomic E-state index is 12.0. The van der Waals surface area contributed by atoms with E-state index in [1.54, 1.807) is 60.7 Å². The highest BCUT2D eigenvalue weighted by Gasteiger charge is 2.08. The Hall–Kier alpha value is -3.51. The molecule has 134 valence electrons. The molecule has 6 nitrogen and oxygen atoms in total. The van der Waals surface area contributed by atoms with E-state index in [0.717, 1.165) is 5.56 Å². The zero-order valence-electron chi connectivity index (χ0n) is 14.0. The molecule has 0 spiro atoms. The molecular formula is C20H14ClN3O3. The highest BCUT2D eigenvalue weighted by atomic mass is 35.5. The Morgan fingerprint density at radius 3 is 2.26 bits per heavy atom. The number of pyridine rings is 1. The van der Waals surface area contributed by atoms with Gasteiger partial charge in [0.1, 0.15) is 5.75 Å². The van der Waals surface area contributed by atoms with Crippen molar-refractivity contribution in [3.05, 3.63) is 94.8 Å². The summed E-state index contributed by atoms with van der Waals surface area (Å²) < 4.78 is 5.29. The van der Waals surface area contributed by atoms with Crippen LogP contribution in [0.15, 0.2) is 78.2 Å². The highest BCUT2D eigenvalue weighted by molar-refractivity contribution is 6.30. The molecule has 0 saturated heterocycles.